The van der Waals surface area contributed by atoms with Gasteiger partial charge in [0.25, 0.3) is 0 Å². The van der Waals surface area contributed by atoms with Gasteiger partial charge in [0.15, 0.2) is 5.78 Å². The molecule has 18 heavy (non-hydrogen) atoms. The van der Waals surface area contributed by atoms with Gasteiger partial charge in [0, 0.05) is 5.69 Å². The van der Waals surface area contributed by atoms with E-state index in [1.165, 1.54) is 25.1 Å². The second kappa shape index (κ2) is 5.08. The second-order valence-corrected chi connectivity index (χ2v) is 4.92. The molecule has 0 atom stereocenters. The zero-order chi connectivity index (χ0) is 13.9. The van der Waals surface area contributed by atoms with Gasteiger partial charge >= 0.3 is 6.09 Å². The van der Waals surface area contributed by atoms with Crippen molar-refractivity contribution in [1.82, 2.24) is 0 Å². The number of amides is 1. The SMILES string of the molecule is CC(=O)c1cc(NC(=O)OC(C)(C)C)ccc1O. The van der Waals surface area contributed by atoms with Gasteiger partial charge in [0.05, 0.1) is 5.56 Å². The van der Waals surface area contributed by atoms with Gasteiger partial charge in [-0.2, -0.15) is 0 Å². The number of Topliss-reactive ketones (excluding diaryl/α,β-unsaturated/α-hetero) is 1. The highest BCUT2D eigenvalue weighted by Gasteiger charge is 2.16. The van der Waals surface area contributed by atoms with Gasteiger partial charge in [-0.25, -0.2) is 4.79 Å². The smallest absolute Gasteiger partial charge is 0.412 e. The number of ether oxygens (including phenoxy) is 1. The number of rotatable bonds is 2. The van der Waals surface area contributed by atoms with Crippen LogP contribution in [0.3, 0.4) is 0 Å². The summed E-state index contributed by atoms with van der Waals surface area (Å²) in [6.07, 6.45) is -0.609. The lowest BCUT2D eigenvalue weighted by Crippen LogP contribution is -2.27. The average Bonchev–Trinajstić information content (AvgIpc) is 2.17. The Morgan fingerprint density at radius 1 is 1.28 bits per heavy atom. The maximum absolute atomic E-state index is 11.5. The van der Waals surface area contributed by atoms with Gasteiger partial charge in [-0.3, -0.25) is 10.1 Å². The van der Waals surface area contributed by atoms with Crippen LogP contribution in [-0.2, 0) is 4.74 Å². The summed E-state index contributed by atoms with van der Waals surface area (Å²) in [5.74, 6) is -0.391. The minimum absolute atomic E-state index is 0.114. The minimum atomic E-state index is -0.609. The average molecular weight is 251 g/mol. The van der Waals surface area contributed by atoms with E-state index in [-0.39, 0.29) is 17.1 Å². The number of hydrogen-bond donors (Lipinski definition) is 2. The molecule has 0 saturated heterocycles. The van der Waals surface area contributed by atoms with Gasteiger partial charge in [0.1, 0.15) is 11.4 Å². The molecule has 5 heteroatoms. The normalized spacial score (nSPS) is 10.9. The summed E-state index contributed by atoms with van der Waals surface area (Å²) >= 11 is 0. The van der Waals surface area contributed by atoms with E-state index in [9.17, 15) is 14.7 Å². The molecule has 98 valence electrons. The van der Waals surface area contributed by atoms with Gasteiger partial charge in [-0.15, -0.1) is 0 Å². The first-order valence-electron chi connectivity index (χ1n) is 5.53. The summed E-state index contributed by atoms with van der Waals surface area (Å²) in [6.45, 7) is 6.60. The van der Waals surface area contributed by atoms with Crippen LogP contribution in [0.5, 0.6) is 5.75 Å². The van der Waals surface area contributed by atoms with Crippen LogP contribution in [0.25, 0.3) is 0 Å². The molecule has 1 aromatic carbocycles. The van der Waals surface area contributed by atoms with E-state index < -0.39 is 11.7 Å². The van der Waals surface area contributed by atoms with Crippen molar-refractivity contribution in [3.05, 3.63) is 23.8 Å². The number of carbonyl (C=O) groups excluding carboxylic acids is 2. The Morgan fingerprint density at radius 3 is 2.39 bits per heavy atom. The molecular formula is C13H17NO4. The topological polar surface area (TPSA) is 75.6 Å². The number of ketones is 1. The highest BCUT2D eigenvalue weighted by molar-refractivity contribution is 5.98. The summed E-state index contributed by atoms with van der Waals surface area (Å²) in [7, 11) is 0. The number of benzene rings is 1. The zero-order valence-corrected chi connectivity index (χ0v) is 10.9. The van der Waals surface area contributed by atoms with E-state index in [1.54, 1.807) is 20.8 Å². The van der Waals surface area contributed by atoms with E-state index in [1.807, 2.05) is 0 Å². The molecule has 5 nitrogen and oxygen atoms in total. The molecule has 0 unspecified atom stereocenters. The molecule has 0 aliphatic heterocycles. The van der Waals surface area contributed by atoms with Crippen molar-refractivity contribution < 1.29 is 19.4 Å². The Kier molecular flexibility index (Phi) is 3.96. The van der Waals surface area contributed by atoms with Gasteiger partial charge in [-0.05, 0) is 45.9 Å². The predicted molar refractivity (Wildman–Crippen MR) is 68.0 cm³/mol. The Balaban J connectivity index is 2.83. The van der Waals surface area contributed by atoms with Gasteiger partial charge < -0.3 is 9.84 Å². The Morgan fingerprint density at radius 2 is 1.89 bits per heavy atom. The summed E-state index contributed by atoms with van der Waals surface area (Å²) < 4.78 is 5.07. The first-order valence-corrected chi connectivity index (χ1v) is 5.53. The van der Waals surface area contributed by atoms with E-state index in [4.69, 9.17) is 4.74 Å². The molecule has 0 fully saturated rings. The van der Waals surface area contributed by atoms with Crippen molar-refractivity contribution in [3.8, 4) is 5.75 Å². The first-order chi connectivity index (χ1) is 8.19. The van der Waals surface area contributed by atoms with E-state index in [0.29, 0.717) is 5.69 Å². The van der Waals surface area contributed by atoms with Crippen molar-refractivity contribution >= 4 is 17.6 Å². The molecule has 0 radical (unpaired) electrons. The number of carbonyl (C=O) groups is 2. The number of anilines is 1. The minimum Gasteiger partial charge on any atom is -0.507 e. The molecule has 0 aliphatic rings. The van der Waals surface area contributed by atoms with Crippen LogP contribution in [0.1, 0.15) is 38.1 Å². The van der Waals surface area contributed by atoms with Gasteiger partial charge in [-0.1, -0.05) is 0 Å². The Bertz CT molecular complexity index is 474. The third-order valence-corrected chi connectivity index (χ3v) is 2.02. The van der Waals surface area contributed by atoms with E-state index >= 15 is 0 Å². The number of phenols is 1. The lowest BCUT2D eigenvalue weighted by atomic mass is 10.1. The quantitative estimate of drug-likeness (QED) is 0.626. The standard InChI is InChI=1S/C13H17NO4/c1-8(15)10-7-9(5-6-11(10)16)14-12(17)18-13(2,3)4/h5-7,16H,1-4H3,(H,14,17). The maximum atomic E-state index is 11.5. The second-order valence-electron chi connectivity index (χ2n) is 4.92. The summed E-state index contributed by atoms with van der Waals surface area (Å²) in [5, 5.41) is 12.0. The van der Waals surface area contributed by atoms with Crippen LogP contribution < -0.4 is 5.32 Å². The Labute approximate surface area is 106 Å². The van der Waals surface area contributed by atoms with Crippen LogP contribution in [0.2, 0.25) is 0 Å². The van der Waals surface area contributed by atoms with Crippen molar-refractivity contribution in [1.29, 1.82) is 0 Å². The third-order valence-electron chi connectivity index (χ3n) is 2.02. The molecule has 0 heterocycles. The lowest BCUT2D eigenvalue weighted by molar-refractivity contribution is 0.0635. The molecule has 0 spiro atoms. The van der Waals surface area contributed by atoms with Crippen LogP contribution >= 0.6 is 0 Å². The fourth-order valence-corrected chi connectivity index (χ4v) is 1.32. The Hall–Kier alpha value is -2.04. The number of aromatic hydroxyl groups is 1. The molecule has 0 saturated carbocycles. The molecule has 2 N–H and O–H groups in total. The number of phenolic OH excluding ortho intramolecular Hbond substituents is 1. The summed E-state index contributed by atoms with van der Waals surface area (Å²) in [5.41, 5.74) is -0.0412. The molecule has 0 aromatic heterocycles. The fraction of sp³-hybridized carbons (Fsp3) is 0.385. The van der Waals surface area contributed by atoms with Crippen LogP contribution in [0.4, 0.5) is 10.5 Å². The molecule has 1 rings (SSSR count). The van der Waals surface area contributed by atoms with Crippen LogP contribution in [-0.4, -0.2) is 22.6 Å². The van der Waals surface area contributed by atoms with Crippen molar-refractivity contribution in [2.75, 3.05) is 5.32 Å². The lowest BCUT2D eigenvalue weighted by Gasteiger charge is -2.19. The highest BCUT2D eigenvalue weighted by atomic mass is 16.6. The van der Waals surface area contributed by atoms with Crippen LogP contribution in [0.15, 0.2) is 18.2 Å². The number of nitrogens with one attached hydrogen (secondary N) is 1. The molecule has 0 bridgehead atoms. The maximum Gasteiger partial charge on any atom is 0.412 e. The van der Waals surface area contributed by atoms with Crippen molar-refractivity contribution in [2.24, 2.45) is 0 Å². The first kappa shape index (κ1) is 14.0. The number of hydrogen-bond acceptors (Lipinski definition) is 4. The fourth-order valence-electron chi connectivity index (χ4n) is 1.32. The molecule has 0 aliphatic carbocycles. The zero-order valence-electron chi connectivity index (χ0n) is 10.9. The highest BCUT2D eigenvalue weighted by Crippen LogP contribution is 2.22. The molecule has 1 amide bonds. The largest absolute Gasteiger partial charge is 0.507 e. The predicted octanol–water partition coefficient (Wildman–Crippen LogP) is 2.94. The van der Waals surface area contributed by atoms with E-state index in [0.717, 1.165) is 0 Å². The third kappa shape index (κ3) is 4.08. The van der Waals surface area contributed by atoms with Crippen LogP contribution in [0, 0.1) is 0 Å². The molecular weight excluding hydrogens is 234 g/mol. The molecule has 1 aromatic rings. The van der Waals surface area contributed by atoms with Gasteiger partial charge in [0.2, 0.25) is 0 Å². The summed E-state index contributed by atoms with van der Waals surface area (Å²) in [6, 6.07) is 4.25. The van der Waals surface area contributed by atoms with Crippen molar-refractivity contribution in [3.63, 3.8) is 0 Å². The monoisotopic (exact) mass is 251 g/mol. The summed E-state index contributed by atoms with van der Waals surface area (Å²) in [4.78, 5) is 22.7. The van der Waals surface area contributed by atoms with Crippen molar-refractivity contribution in [2.45, 2.75) is 33.3 Å². The van der Waals surface area contributed by atoms with E-state index in [2.05, 4.69) is 5.32 Å².